The summed E-state index contributed by atoms with van der Waals surface area (Å²) in [5.41, 5.74) is 7.08. The largest absolute Gasteiger partial charge is 0.490 e. The highest BCUT2D eigenvalue weighted by Crippen LogP contribution is 2.29. The van der Waals surface area contributed by atoms with E-state index in [0.29, 0.717) is 28.4 Å². The summed E-state index contributed by atoms with van der Waals surface area (Å²) < 4.78 is 62.1. The Labute approximate surface area is 217 Å². The third kappa shape index (κ3) is 7.47. The molecular weight excluding hydrogens is 534 g/mol. The van der Waals surface area contributed by atoms with Gasteiger partial charge in [0.15, 0.2) is 6.10 Å². The molecule has 39 heavy (non-hydrogen) atoms. The van der Waals surface area contributed by atoms with Gasteiger partial charge in [0.05, 0.1) is 12.2 Å². The Morgan fingerprint density at radius 3 is 2.46 bits per heavy atom. The Balaban J connectivity index is 0.000000532. The number of hydrogen-bond acceptors (Lipinski definition) is 10. The number of pyridine rings is 1. The number of carboxylic acid groups (broad SMARTS) is 1. The number of aromatic nitrogens is 3. The number of nitrogens with two attached hydrogens (primary N) is 1. The minimum atomic E-state index is -5.08. The van der Waals surface area contributed by atoms with E-state index < -0.39 is 42.2 Å². The van der Waals surface area contributed by atoms with Crippen LogP contribution in [0.2, 0.25) is 0 Å². The van der Waals surface area contributed by atoms with Crippen molar-refractivity contribution in [2.75, 3.05) is 18.1 Å². The van der Waals surface area contributed by atoms with E-state index >= 15 is 0 Å². The maximum Gasteiger partial charge on any atom is 0.490 e. The number of hydrogen-bond donors (Lipinski definition) is 2. The van der Waals surface area contributed by atoms with Crippen molar-refractivity contribution in [1.29, 1.82) is 0 Å². The van der Waals surface area contributed by atoms with Gasteiger partial charge in [-0.3, -0.25) is 14.7 Å². The molecule has 3 aromatic rings. The third-order valence-corrected chi connectivity index (χ3v) is 4.98. The number of carbonyl (C=O) groups excluding carboxylic acids is 2. The molecule has 0 aliphatic carbocycles. The zero-order valence-electron chi connectivity index (χ0n) is 20.3. The van der Waals surface area contributed by atoms with Crippen LogP contribution in [0.1, 0.15) is 12.8 Å². The molecule has 12 nitrogen and oxygen atoms in total. The molecular formula is C23H21F4N5O7. The molecule has 0 spiro atoms. The number of ether oxygens (including phenoxy) is 2. The van der Waals surface area contributed by atoms with Crippen LogP contribution >= 0.6 is 0 Å². The summed E-state index contributed by atoms with van der Waals surface area (Å²) in [5, 5.41) is 14.8. The Morgan fingerprint density at radius 1 is 1.26 bits per heavy atom. The topological polar surface area (TPSA) is 171 Å². The molecule has 1 fully saturated rings. The van der Waals surface area contributed by atoms with Crippen LogP contribution in [0.4, 0.5) is 28.0 Å². The Hall–Kier alpha value is -4.60. The highest BCUT2D eigenvalue weighted by atomic mass is 19.4. The average Bonchev–Trinajstić information content (AvgIpc) is 3.47. The standard InChI is InChI=1S/C21H20FN5O5.C2HF3O2/c1-11(23)20(28)30-10-15-9-27(21(29)32-15)14-4-5-16(17(22)7-14)13-3-6-18(24-8-13)19-26-25-12(2)31-19;3-2(4,5)1(6)7/h3-8,11,15H,9-10,23H2,1-2H3;(H,6,7)/t11-,15+;/m0./s1. The number of alkyl halides is 3. The lowest BCUT2D eigenvalue weighted by atomic mass is 10.1. The van der Waals surface area contributed by atoms with Crippen molar-refractivity contribution in [3.8, 4) is 22.7 Å². The van der Waals surface area contributed by atoms with Gasteiger partial charge in [0.1, 0.15) is 24.2 Å². The lowest BCUT2D eigenvalue weighted by molar-refractivity contribution is -0.192. The first-order valence-electron chi connectivity index (χ1n) is 11.0. The number of halogens is 4. The molecule has 4 rings (SSSR count). The number of nitrogens with zero attached hydrogens (tertiary/aromatic N) is 4. The predicted octanol–water partition coefficient (Wildman–Crippen LogP) is 3.10. The van der Waals surface area contributed by atoms with Gasteiger partial charge in [0.2, 0.25) is 5.89 Å². The molecule has 0 bridgehead atoms. The van der Waals surface area contributed by atoms with Crippen molar-refractivity contribution in [2.24, 2.45) is 5.73 Å². The highest BCUT2D eigenvalue weighted by Gasteiger charge is 2.38. The molecule has 0 radical (unpaired) electrons. The normalized spacial score (nSPS) is 15.7. The van der Waals surface area contributed by atoms with Gasteiger partial charge in [-0.2, -0.15) is 13.2 Å². The van der Waals surface area contributed by atoms with Crippen LogP contribution in [-0.2, 0) is 19.1 Å². The lowest BCUT2D eigenvalue weighted by Crippen LogP contribution is -2.32. The Morgan fingerprint density at radius 2 is 1.95 bits per heavy atom. The fourth-order valence-electron chi connectivity index (χ4n) is 3.11. The van der Waals surface area contributed by atoms with Crippen LogP contribution in [0.3, 0.4) is 0 Å². The van der Waals surface area contributed by atoms with Crippen molar-refractivity contribution < 1.29 is 50.9 Å². The summed E-state index contributed by atoms with van der Waals surface area (Å²) in [7, 11) is 0. The smallest absolute Gasteiger partial charge is 0.475 e. The number of carbonyl (C=O) groups is 3. The van der Waals surface area contributed by atoms with Gasteiger partial charge < -0.3 is 24.7 Å². The van der Waals surface area contributed by atoms with Gasteiger partial charge in [-0.05, 0) is 31.2 Å². The van der Waals surface area contributed by atoms with Crippen LogP contribution < -0.4 is 10.6 Å². The molecule has 2 atom stereocenters. The second-order valence-electron chi connectivity index (χ2n) is 8.06. The zero-order chi connectivity index (χ0) is 28.9. The van der Waals surface area contributed by atoms with Gasteiger partial charge in [0, 0.05) is 24.2 Å². The number of aryl methyl sites for hydroxylation is 1. The fraction of sp³-hybridized carbons (Fsp3) is 0.304. The summed E-state index contributed by atoms with van der Waals surface area (Å²) in [5.74, 6) is -3.19. The molecule has 3 heterocycles. The van der Waals surface area contributed by atoms with E-state index in [4.69, 9.17) is 29.5 Å². The molecule has 0 saturated carbocycles. The van der Waals surface area contributed by atoms with E-state index in [1.165, 1.54) is 24.1 Å². The number of esters is 1. The number of carboxylic acids is 1. The molecule has 1 saturated heterocycles. The summed E-state index contributed by atoms with van der Waals surface area (Å²) in [4.78, 5) is 38.1. The van der Waals surface area contributed by atoms with E-state index in [1.807, 2.05) is 0 Å². The molecule has 16 heteroatoms. The molecule has 208 valence electrons. The van der Waals surface area contributed by atoms with E-state index in [2.05, 4.69) is 15.2 Å². The maximum atomic E-state index is 14.9. The minimum Gasteiger partial charge on any atom is -0.475 e. The van der Waals surface area contributed by atoms with Gasteiger partial charge in [-0.25, -0.2) is 14.0 Å². The first kappa shape index (κ1) is 29.0. The fourth-order valence-corrected chi connectivity index (χ4v) is 3.11. The van der Waals surface area contributed by atoms with Gasteiger partial charge in [0.25, 0.3) is 5.89 Å². The molecule has 1 aliphatic heterocycles. The molecule has 3 N–H and O–H groups in total. The molecule has 2 aromatic heterocycles. The van der Waals surface area contributed by atoms with Crippen molar-refractivity contribution >= 4 is 23.7 Å². The van der Waals surface area contributed by atoms with Gasteiger partial charge in [-0.1, -0.05) is 6.07 Å². The molecule has 0 unspecified atom stereocenters. The summed E-state index contributed by atoms with van der Waals surface area (Å²) in [6, 6.07) is 6.96. The lowest BCUT2D eigenvalue weighted by Gasteiger charge is -2.14. The van der Waals surface area contributed by atoms with E-state index in [-0.39, 0.29) is 19.0 Å². The zero-order valence-corrected chi connectivity index (χ0v) is 20.3. The predicted molar refractivity (Wildman–Crippen MR) is 124 cm³/mol. The van der Waals surface area contributed by atoms with Crippen LogP contribution in [0.25, 0.3) is 22.7 Å². The average molecular weight is 555 g/mol. The van der Waals surface area contributed by atoms with Crippen molar-refractivity contribution in [2.45, 2.75) is 32.2 Å². The number of anilines is 1. The number of aliphatic carboxylic acids is 1. The maximum absolute atomic E-state index is 14.9. The Bertz CT molecular complexity index is 1350. The monoisotopic (exact) mass is 555 g/mol. The van der Waals surface area contributed by atoms with Crippen molar-refractivity contribution in [3.05, 3.63) is 48.2 Å². The van der Waals surface area contributed by atoms with Crippen molar-refractivity contribution in [3.63, 3.8) is 0 Å². The van der Waals surface area contributed by atoms with Crippen molar-refractivity contribution in [1.82, 2.24) is 15.2 Å². The number of benzene rings is 1. The number of cyclic esters (lactones) is 1. The summed E-state index contributed by atoms with van der Waals surface area (Å²) >= 11 is 0. The quantitative estimate of drug-likeness (QED) is 0.338. The first-order chi connectivity index (χ1) is 18.3. The second-order valence-corrected chi connectivity index (χ2v) is 8.06. The van der Waals surface area contributed by atoms with Crippen LogP contribution in [-0.4, -0.2) is 69.8 Å². The van der Waals surface area contributed by atoms with Gasteiger partial charge >= 0.3 is 24.2 Å². The number of rotatable bonds is 6. The SMILES string of the molecule is Cc1nnc(-c2ccc(-c3ccc(N4C[C@H](COC(=O)[C@H](C)N)OC4=O)cc3F)cn2)o1.O=C(O)C(F)(F)F. The molecule has 1 amide bonds. The minimum absolute atomic E-state index is 0.115. The summed E-state index contributed by atoms with van der Waals surface area (Å²) in [6.45, 7) is 3.16. The van der Waals surface area contributed by atoms with E-state index in [1.54, 1.807) is 31.2 Å². The molecule has 1 aromatic carbocycles. The van der Waals surface area contributed by atoms with E-state index in [9.17, 15) is 27.2 Å². The van der Waals surface area contributed by atoms with E-state index in [0.717, 1.165) is 0 Å². The second kappa shape index (κ2) is 11.8. The number of amides is 1. The third-order valence-electron chi connectivity index (χ3n) is 4.98. The van der Waals surface area contributed by atoms with Gasteiger partial charge in [-0.15, -0.1) is 10.2 Å². The van der Waals surface area contributed by atoms with Crippen LogP contribution in [0.15, 0.2) is 40.9 Å². The molecule has 1 aliphatic rings. The van der Waals surface area contributed by atoms with Crippen LogP contribution in [0.5, 0.6) is 0 Å². The Kier molecular flexibility index (Phi) is 8.80. The van der Waals surface area contributed by atoms with Crippen LogP contribution in [0, 0.1) is 12.7 Å². The summed E-state index contributed by atoms with van der Waals surface area (Å²) in [6.07, 6.45) is -4.90. The highest BCUT2D eigenvalue weighted by molar-refractivity contribution is 5.90. The first-order valence-corrected chi connectivity index (χ1v) is 11.0.